The minimum absolute atomic E-state index is 0.0101. The van der Waals surface area contributed by atoms with E-state index in [1.54, 1.807) is 6.20 Å². The molecule has 3 aromatic rings. The third kappa shape index (κ3) is 4.19. The van der Waals surface area contributed by atoms with E-state index >= 15 is 0 Å². The first-order chi connectivity index (χ1) is 14.3. The zero-order chi connectivity index (χ0) is 21.3. The van der Waals surface area contributed by atoms with E-state index in [-0.39, 0.29) is 12.1 Å². The Morgan fingerprint density at radius 2 is 1.93 bits per heavy atom. The second-order valence-electron chi connectivity index (χ2n) is 7.17. The van der Waals surface area contributed by atoms with Crippen LogP contribution in [0.4, 0.5) is 29.2 Å². The van der Waals surface area contributed by atoms with E-state index < -0.39 is 17.6 Å². The lowest BCUT2D eigenvalue weighted by atomic mass is 10.1. The molecular formula is C21H19F4N5. The average Bonchev–Trinajstić information content (AvgIpc) is 2.72. The van der Waals surface area contributed by atoms with E-state index in [2.05, 4.69) is 25.2 Å². The van der Waals surface area contributed by atoms with Gasteiger partial charge in [-0.2, -0.15) is 13.2 Å². The number of halogens is 4. The molecule has 3 heterocycles. The van der Waals surface area contributed by atoms with Crippen LogP contribution in [-0.4, -0.2) is 21.5 Å². The minimum Gasteiger partial charge on any atom is -0.365 e. The van der Waals surface area contributed by atoms with Crippen molar-refractivity contribution in [3.63, 3.8) is 0 Å². The van der Waals surface area contributed by atoms with Crippen LogP contribution in [0.2, 0.25) is 0 Å². The lowest BCUT2D eigenvalue weighted by molar-refractivity contribution is -0.137. The van der Waals surface area contributed by atoms with Crippen LogP contribution in [0.15, 0.2) is 42.9 Å². The predicted molar refractivity (Wildman–Crippen MR) is 104 cm³/mol. The molecule has 0 atom stereocenters. The van der Waals surface area contributed by atoms with Gasteiger partial charge in [-0.25, -0.2) is 19.3 Å². The van der Waals surface area contributed by atoms with Gasteiger partial charge in [0.1, 0.15) is 23.8 Å². The summed E-state index contributed by atoms with van der Waals surface area (Å²) in [4.78, 5) is 15.2. The first kappa shape index (κ1) is 20.1. The van der Waals surface area contributed by atoms with E-state index in [9.17, 15) is 17.6 Å². The number of hydrogen-bond donors (Lipinski definition) is 1. The summed E-state index contributed by atoms with van der Waals surface area (Å²) in [6.07, 6.45) is -0.633. The van der Waals surface area contributed by atoms with Crippen molar-refractivity contribution in [1.29, 1.82) is 0 Å². The van der Waals surface area contributed by atoms with Gasteiger partial charge in [0, 0.05) is 43.4 Å². The monoisotopic (exact) mass is 417 g/mol. The van der Waals surface area contributed by atoms with Crippen molar-refractivity contribution in [2.45, 2.75) is 32.6 Å². The molecule has 30 heavy (non-hydrogen) atoms. The largest absolute Gasteiger partial charge is 0.416 e. The molecule has 0 saturated heterocycles. The van der Waals surface area contributed by atoms with Crippen LogP contribution in [0.1, 0.15) is 27.9 Å². The van der Waals surface area contributed by atoms with Crippen molar-refractivity contribution in [1.82, 2.24) is 15.0 Å². The number of pyridine rings is 1. The molecule has 4 rings (SSSR count). The molecule has 0 amide bonds. The lowest BCUT2D eigenvalue weighted by Crippen LogP contribution is -2.32. The maximum atomic E-state index is 14.1. The summed E-state index contributed by atoms with van der Waals surface area (Å²) in [5, 5.41) is 3.05. The summed E-state index contributed by atoms with van der Waals surface area (Å²) in [7, 11) is 0. The zero-order valence-electron chi connectivity index (χ0n) is 16.2. The van der Waals surface area contributed by atoms with Gasteiger partial charge in [0.05, 0.1) is 11.3 Å². The molecule has 9 heteroatoms. The summed E-state index contributed by atoms with van der Waals surface area (Å²) in [6, 6.07) is 6.47. The molecule has 0 aliphatic carbocycles. The number of alkyl halides is 3. The molecule has 2 aromatic heterocycles. The molecule has 0 bridgehead atoms. The molecule has 1 aliphatic rings. The van der Waals surface area contributed by atoms with Crippen LogP contribution in [0.5, 0.6) is 0 Å². The highest BCUT2D eigenvalue weighted by molar-refractivity contribution is 5.52. The number of nitrogens with one attached hydrogen (secondary N) is 1. The molecule has 5 nitrogen and oxygen atoms in total. The molecular weight excluding hydrogens is 398 g/mol. The van der Waals surface area contributed by atoms with Gasteiger partial charge >= 0.3 is 6.18 Å². The Bertz CT molecular complexity index is 1050. The zero-order valence-corrected chi connectivity index (χ0v) is 16.2. The Balaban J connectivity index is 1.52. The average molecular weight is 417 g/mol. The van der Waals surface area contributed by atoms with Crippen LogP contribution in [0.25, 0.3) is 0 Å². The van der Waals surface area contributed by atoms with Gasteiger partial charge < -0.3 is 10.2 Å². The maximum Gasteiger partial charge on any atom is 0.416 e. The normalized spacial score (nSPS) is 13.8. The van der Waals surface area contributed by atoms with Crippen LogP contribution in [0.3, 0.4) is 0 Å². The third-order valence-electron chi connectivity index (χ3n) is 5.05. The summed E-state index contributed by atoms with van der Waals surface area (Å²) in [5.74, 6) is 0.469. The number of aryl methyl sites for hydroxylation is 1. The van der Waals surface area contributed by atoms with Gasteiger partial charge in [0.15, 0.2) is 0 Å². The van der Waals surface area contributed by atoms with E-state index in [0.717, 1.165) is 41.3 Å². The standard InChI is InChI=1S/C21H19F4N5/c1-13-2-5-19(26-9-13)30-7-6-18-16(11-30)20(29-12-28-18)27-10-14-3-4-15(8-17(14)22)21(23,24)25/h2-5,8-9,12H,6-7,10-11H2,1H3,(H,27,28,29). The fourth-order valence-corrected chi connectivity index (χ4v) is 3.38. The highest BCUT2D eigenvalue weighted by Crippen LogP contribution is 2.31. The smallest absolute Gasteiger partial charge is 0.365 e. The highest BCUT2D eigenvalue weighted by Gasteiger charge is 2.31. The second kappa shape index (κ2) is 7.89. The maximum absolute atomic E-state index is 14.1. The van der Waals surface area contributed by atoms with Crippen molar-refractivity contribution < 1.29 is 17.6 Å². The van der Waals surface area contributed by atoms with Gasteiger partial charge in [-0.1, -0.05) is 12.1 Å². The quantitative estimate of drug-likeness (QED) is 0.633. The number of anilines is 2. The number of fused-ring (bicyclic) bond motifs is 1. The minimum atomic E-state index is -4.58. The molecule has 0 fully saturated rings. The molecule has 0 radical (unpaired) electrons. The topological polar surface area (TPSA) is 53.9 Å². The molecule has 1 aromatic carbocycles. The molecule has 0 spiro atoms. The number of nitrogens with zero attached hydrogens (tertiary/aromatic N) is 4. The van der Waals surface area contributed by atoms with Crippen LogP contribution in [0, 0.1) is 12.7 Å². The highest BCUT2D eigenvalue weighted by atomic mass is 19.4. The van der Waals surface area contributed by atoms with E-state index in [4.69, 9.17) is 0 Å². The molecule has 1 aliphatic heterocycles. The Morgan fingerprint density at radius 3 is 2.63 bits per heavy atom. The van der Waals surface area contributed by atoms with E-state index in [1.807, 2.05) is 19.1 Å². The Hall–Kier alpha value is -3.23. The Kier molecular flexibility index (Phi) is 5.27. The first-order valence-corrected chi connectivity index (χ1v) is 9.41. The fourth-order valence-electron chi connectivity index (χ4n) is 3.38. The number of rotatable bonds is 4. The number of aromatic nitrogens is 3. The molecule has 0 saturated carbocycles. The number of hydrogen-bond acceptors (Lipinski definition) is 5. The first-order valence-electron chi connectivity index (χ1n) is 9.41. The Morgan fingerprint density at radius 1 is 1.10 bits per heavy atom. The van der Waals surface area contributed by atoms with Gasteiger partial charge in [-0.15, -0.1) is 0 Å². The SMILES string of the molecule is Cc1ccc(N2CCc3ncnc(NCc4ccc(C(F)(F)F)cc4F)c3C2)nc1. The van der Waals surface area contributed by atoms with Crippen molar-refractivity contribution in [2.24, 2.45) is 0 Å². The summed E-state index contributed by atoms with van der Waals surface area (Å²) >= 11 is 0. The number of benzene rings is 1. The van der Waals surface area contributed by atoms with Gasteiger partial charge in [0.2, 0.25) is 0 Å². The van der Waals surface area contributed by atoms with Crippen molar-refractivity contribution >= 4 is 11.6 Å². The van der Waals surface area contributed by atoms with Crippen LogP contribution >= 0.6 is 0 Å². The molecule has 156 valence electrons. The fraction of sp³-hybridized carbons (Fsp3) is 0.286. The summed E-state index contributed by atoms with van der Waals surface area (Å²) in [6.45, 7) is 3.27. The van der Waals surface area contributed by atoms with Gasteiger partial charge in [-0.3, -0.25) is 0 Å². The van der Waals surface area contributed by atoms with Crippen molar-refractivity contribution in [3.05, 3.63) is 76.6 Å². The van der Waals surface area contributed by atoms with E-state index in [0.29, 0.717) is 24.8 Å². The van der Waals surface area contributed by atoms with Gasteiger partial charge in [0.25, 0.3) is 0 Å². The van der Waals surface area contributed by atoms with Crippen molar-refractivity contribution in [3.8, 4) is 0 Å². The van der Waals surface area contributed by atoms with Crippen LogP contribution in [-0.2, 0) is 25.7 Å². The van der Waals surface area contributed by atoms with Crippen LogP contribution < -0.4 is 10.2 Å². The Labute approximate surface area is 170 Å². The predicted octanol–water partition coefficient (Wildman–Crippen LogP) is 4.51. The summed E-state index contributed by atoms with van der Waals surface area (Å²) in [5.41, 5.74) is 1.95. The second-order valence-corrected chi connectivity index (χ2v) is 7.17. The van der Waals surface area contributed by atoms with Gasteiger partial charge in [-0.05, 0) is 30.7 Å². The van der Waals surface area contributed by atoms with Crippen molar-refractivity contribution in [2.75, 3.05) is 16.8 Å². The third-order valence-corrected chi connectivity index (χ3v) is 5.05. The molecule has 1 N–H and O–H groups in total. The molecule has 0 unspecified atom stereocenters. The lowest BCUT2D eigenvalue weighted by Gasteiger charge is -2.30. The van der Waals surface area contributed by atoms with E-state index in [1.165, 1.54) is 6.33 Å². The summed E-state index contributed by atoms with van der Waals surface area (Å²) < 4.78 is 52.3.